The lowest BCUT2D eigenvalue weighted by molar-refractivity contribution is -0.0684. The summed E-state index contributed by atoms with van der Waals surface area (Å²) >= 11 is 0. The average molecular weight is 265 g/mol. The zero-order chi connectivity index (χ0) is 13.5. The highest BCUT2D eigenvalue weighted by Gasteiger charge is 2.16. The second-order valence-corrected chi connectivity index (χ2v) is 3.79. The molecule has 7 nitrogen and oxygen atoms in total. The van der Waals surface area contributed by atoms with E-state index in [9.17, 15) is 4.79 Å². The number of benzene rings is 1. The van der Waals surface area contributed by atoms with Crippen LogP contribution in [0.2, 0.25) is 0 Å². The van der Waals surface area contributed by atoms with Crippen LogP contribution in [-0.4, -0.2) is 38.4 Å². The van der Waals surface area contributed by atoms with E-state index in [4.69, 9.17) is 19.9 Å². The van der Waals surface area contributed by atoms with Gasteiger partial charge in [-0.15, -0.1) is 0 Å². The summed E-state index contributed by atoms with van der Waals surface area (Å²) in [4.78, 5) is 10.5. The Labute approximate surface area is 110 Å². The third-order valence-electron chi connectivity index (χ3n) is 2.32. The van der Waals surface area contributed by atoms with Gasteiger partial charge in [0.2, 0.25) is 0 Å². The molecule has 1 aromatic carbocycles. The summed E-state index contributed by atoms with van der Waals surface area (Å²) in [6.07, 6.45) is 1.16. The fourth-order valence-electron chi connectivity index (χ4n) is 1.52. The van der Waals surface area contributed by atoms with E-state index >= 15 is 0 Å². The molecular weight excluding hydrogens is 250 g/mol. The number of amides is 2. The Hall–Kier alpha value is -2.12. The molecule has 1 saturated heterocycles. The van der Waals surface area contributed by atoms with Crippen molar-refractivity contribution in [3.05, 3.63) is 29.8 Å². The molecule has 0 unspecified atom stereocenters. The van der Waals surface area contributed by atoms with Gasteiger partial charge in [0, 0.05) is 0 Å². The molecule has 1 fully saturated rings. The number of primary amides is 1. The van der Waals surface area contributed by atoms with Crippen molar-refractivity contribution in [2.75, 3.05) is 19.8 Å². The molecule has 3 N–H and O–H groups in total. The quantitative estimate of drug-likeness (QED) is 0.596. The summed E-state index contributed by atoms with van der Waals surface area (Å²) in [5.74, 6) is 0.669. The first-order valence-corrected chi connectivity index (χ1v) is 5.78. The molecule has 1 aromatic rings. The zero-order valence-corrected chi connectivity index (χ0v) is 10.2. The minimum absolute atomic E-state index is 0.311. The number of nitrogens with one attached hydrogen (secondary N) is 1. The predicted octanol–water partition coefficient (Wildman–Crippen LogP) is 0.440. The molecular formula is C12H15N3O4. The van der Waals surface area contributed by atoms with Crippen LogP contribution in [0.15, 0.2) is 29.4 Å². The Morgan fingerprint density at radius 1 is 1.53 bits per heavy atom. The molecule has 0 bridgehead atoms. The molecule has 2 rings (SSSR count). The second-order valence-electron chi connectivity index (χ2n) is 3.79. The van der Waals surface area contributed by atoms with E-state index in [2.05, 4.69) is 10.5 Å². The smallest absolute Gasteiger partial charge is 0.332 e. The first kappa shape index (κ1) is 13.3. The van der Waals surface area contributed by atoms with Gasteiger partial charge in [-0.1, -0.05) is 12.1 Å². The molecule has 1 heterocycles. The molecule has 0 aromatic heterocycles. The Kier molecular flexibility index (Phi) is 4.71. The van der Waals surface area contributed by atoms with Gasteiger partial charge in [-0.25, -0.2) is 10.2 Å². The lowest BCUT2D eigenvalue weighted by Crippen LogP contribution is -2.24. The number of carbonyl (C=O) groups is 1. The van der Waals surface area contributed by atoms with Crippen molar-refractivity contribution in [2.45, 2.75) is 6.29 Å². The number of hydrogen-bond acceptors (Lipinski definition) is 5. The van der Waals surface area contributed by atoms with Crippen molar-refractivity contribution in [1.29, 1.82) is 0 Å². The van der Waals surface area contributed by atoms with Gasteiger partial charge in [0.1, 0.15) is 12.4 Å². The Balaban J connectivity index is 1.87. The summed E-state index contributed by atoms with van der Waals surface area (Å²) in [7, 11) is 0. The number of urea groups is 1. The highest BCUT2D eigenvalue weighted by Crippen LogP contribution is 2.14. The van der Waals surface area contributed by atoms with Crippen LogP contribution >= 0.6 is 0 Å². The van der Waals surface area contributed by atoms with E-state index in [1.807, 2.05) is 18.2 Å². The molecule has 1 aliphatic heterocycles. The highest BCUT2D eigenvalue weighted by atomic mass is 16.7. The number of rotatable bonds is 5. The van der Waals surface area contributed by atoms with Gasteiger partial charge < -0.3 is 19.9 Å². The highest BCUT2D eigenvalue weighted by molar-refractivity contribution is 5.81. The van der Waals surface area contributed by atoms with Crippen molar-refractivity contribution >= 4 is 12.2 Å². The molecule has 102 valence electrons. The van der Waals surface area contributed by atoms with Crippen molar-refractivity contribution in [1.82, 2.24) is 5.43 Å². The van der Waals surface area contributed by atoms with Gasteiger partial charge in [0.25, 0.3) is 0 Å². The molecule has 1 aliphatic rings. The molecule has 2 amide bonds. The average Bonchev–Trinajstić information content (AvgIpc) is 2.89. The van der Waals surface area contributed by atoms with E-state index in [0.29, 0.717) is 25.6 Å². The van der Waals surface area contributed by atoms with Gasteiger partial charge in [0.15, 0.2) is 6.29 Å². The number of carbonyl (C=O) groups excluding carboxylic acids is 1. The molecule has 0 spiro atoms. The van der Waals surface area contributed by atoms with Gasteiger partial charge in [-0.2, -0.15) is 5.10 Å². The minimum atomic E-state index is -0.709. The molecule has 0 radical (unpaired) electrons. The van der Waals surface area contributed by atoms with Crippen LogP contribution in [0.25, 0.3) is 0 Å². The Bertz CT molecular complexity index is 458. The maximum absolute atomic E-state index is 10.5. The van der Waals surface area contributed by atoms with E-state index in [1.165, 1.54) is 6.21 Å². The van der Waals surface area contributed by atoms with Gasteiger partial charge in [-0.3, -0.25) is 0 Å². The number of hydrogen-bond donors (Lipinski definition) is 2. The van der Waals surface area contributed by atoms with Gasteiger partial charge in [0.05, 0.1) is 19.4 Å². The van der Waals surface area contributed by atoms with Crippen molar-refractivity contribution in [2.24, 2.45) is 10.8 Å². The standard InChI is InChI=1S/C12H15N3O4/c13-12(16)15-14-7-9-2-1-3-10(6-9)19-8-11-17-4-5-18-11/h1-3,6-7,11H,4-5,8H2,(H3,13,15,16). The van der Waals surface area contributed by atoms with Crippen LogP contribution in [0.1, 0.15) is 5.56 Å². The number of nitrogens with two attached hydrogens (primary N) is 1. The zero-order valence-electron chi connectivity index (χ0n) is 10.2. The largest absolute Gasteiger partial charge is 0.488 e. The van der Waals surface area contributed by atoms with E-state index in [0.717, 1.165) is 5.56 Å². The van der Waals surface area contributed by atoms with Gasteiger partial charge in [-0.05, 0) is 17.7 Å². The number of ether oxygens (including phenoxy) is 3. The Morgan fingerprint density at radius 3 is 3.05 bits per heavy atom. The number of hydrazone groups is 1. The predicted molar refractivity (Wildman–Crippen MR) is 67.9 cm³/mol. The van der Waals surface area contributed by atoms with E-state index < -0.39 is 6.03 Å². The summed E-state index contributed by atoms with van der Waals surface area (Å²) < 4.78 is 16.1. The summed E-state index contributed by atoms with van der Waals surface area (Å²) in [5, 5.41) is 3.67. The van der Waals surface area contributed by atoms with Crippen molar-refractivity contribution in [3.63, 3.8) is 0 Å². The van der Waals surface area contributed by atoms with Crippen molar-refractivity contribution in [3.8, 4) is 5.75 Å². The first-order valence-electron chi connectivity index (χ1n) is 5.78. The van der Waals surface area contributed by atoms with Gasteiger partial charge >= 0.3 is 6.03 Å². The first-order chi connectivity index (χ1) is 9.24. The van der Waals surface area contributed by atoms with E-state index in [-0.39, 0.29) is 6.29 Å². The maximum atomic E-state index is 10.5. The SMILES string of the molecule is NC(=O)NN=Cc1cccc(OCC2OCCO2)c1. The molecule has 0 atom stereocenters. The van der Waals surface area contributed by atoms with Crippen LogP contribution in [-0.2, 0) is 9.47 Å². The molecule has 0 saturated carbocycles. The van der Waals surface area contributed by atoms with Crippen LogP contribution in [0.4, 0.5) is 4.79 Å². The molecule has 19 heavy (non-hydrogen) atoms. The van der Waals surface area contributed by atoms with Crippen LogP contribution in [0.5, 0.6) is 5.75 Å². The monoisotopic (exact) mass is 265 g/mol. The maximum Gasteiger partial charge on any atom is 0.332 e. The van der Waals surface area contributed by atoms with Crippen LogP contribution < -0.4 is 15.9 Å². The lowest BCUT2D eigenvalue weighted by Gasteiger charge is -2.11. The topological polar surface area (TPSA) is 95.2 Å². The van der Waals surface area contributed by atoms with Crippen molar-refractivity contribution < 1.29 is 19.0 Å². The third kappa shape index (κ3) is 4.57. The van der Waals surface area contributed by atoms with E-state index in [1.54, 1.807) is 6.07 Å². The van der Waals surface area contributed by atoms with Crippen LogP contribution in [0.3, 0.4) is 0 Å². The number of nitrogens with zero attached hydrogens (tertiary/aromatic N) is 1. The normalized spacial score (nSPS) is 15.8. The fourth-order valence-corrected chi connectivity index (χ4v) is 1.52. The summed E-state index contributed by atoms with van der Waals surface area (Å²) in [5.41, 5.74) is 7.78. The minimum Gasteiger partial charge on any atom is -0.488 e. The third-order valence-corrected chi connectivity index (χ3v) is 2.32. The molecule has 7 heteroatoms. The van der Waals surface area contributed by atoms with Crippen LogP contribution in [0, 0.1) is 0 Å². The molecule has 0 aliphatic carbocycles. The Morgan fingerprint density at radius 2 is 2.32 bits per heavy atom. The second kappa shape index (κ2) is 6.72. The summed E-state index contributed by atoms with van der Waals surface area (Å²) in [6.45, 7) is 1.53. The fraction of sp³-hybridized carbons (Fsp3) is 0.333. The lowest BCUT2D eigenvalue weighted by atomic mass is 10.2. The summed E-state index contributed by atoms with van der Waals surface area (Å²) in [6, 6.07) is 6.52.